The summed E-state index contributed by atoms with van der Waals surface area (Å²) in [5.74, 6) is 1.58. The molecule has 2 aliphatic heterocycles. The fourth-order valence-electron chi connectivity index (χ4n) is 7.23. The van der Waals surface area contributed by atoms with Crippen LogP contribution in [0.2, 0.25) is 0 Å². The molecule has 0 saturated heterocycles. The Bertz CT molecular complexity index is 1510. The zero-order valence-electron chi connectivity index (χ0n) is 22.3. The number of aliphatic hydroxyl groups is 1. The number of benzene rings is 2. The number of aromatic nitrogens is 1. The number of hydrogen-bond acceptors (Lipinski definition) is 8. The van der Waals surface area contributed by atoms with Gasteiger partial charge in [0.25, 0.3) is 0 Å². The molecule has 2 N–H and O–H groups in total. The van der Waals surface area contributed by atoms with E-state index in [0.717, 1.165) is 29.8 Å². The first-order valence-corrected chi connectivity index (χ1v) is 13.4. The normalized spacial score (nSPS) is 31.9. The monoisotopic (exact) mass is 521 g/mol. The third-order valence-corrected chi connectivity index (χ3v) is 8.89. The summed E-state index contributed by atoms with van der Waals surface area (Å²) in [5, 5.41) is 26.4. The molecule has 39 heavy (non-hydrogen) atoms. The standard InChI is InChI=1S/C31H31N5O3/c1-36(2)18-24-26(20-7-5-4-6-8-20)29(22-13-9-19(16-32)10-14-22)30(27-25(39-29)15-23(38-3)17-33-27)31(24,37)35-28(34-30)21-11-12-21/h4-10,13-15,17,21,24,26,37H,11-12,18H2,1-3H3,(H,34,35)/t24-,26-,29+,30-,31-/m1/s1. The van der Waals surface area contributed by atoms with Gasteiger partial charge < -0.3 is 24.8 Å². The summed E-state index contributed by atoms with van der Waals surface area (Å²) in [6.45, 7) is 0.577. The lowest BCUT2D eigenvalue weighted by atomic mass is 9.69. The molecule has 1 aromatic heterocycles. The lowest BCUT2D eigenvalue weighted by Gasteiger charge is -2.43. The molecule has 2 saturated carbocycles. The van der Waals surface area contributed by atoms with Crippen LogP contribution in [0, 0.1) is 23.2 Å². The van der Waals surface area contributed by atoms with Gasteiger partial charge in [-0.05, 0) is 50.2 Å². The van der Waals surface area contributed by atoms with Gasteiger partial charge >= 0.3 is 0 Å². The van der Waals surface area contributed by atoms with Gasteiger partial charge in [0.2, 0.25) is 0 Å². The second-order valence-corrected chi connectivity index (χ2v) is 11.4. The maximum atomic E-state index is 13.1. The molecule has 2 fully saturated rings. The highest BCUT2D eigenvalue weighted by atomic mass is 16.5. The predicted molar refractivity (Wildman–Crippen MR) is 145 cm³/mol. The van der Waals surface area contributed by atoms with Crippen molar-refractivity contribution in [3.05, 3.63) is 89.2 Å². The van der Waals surface area contributed by atoms with Gasteiger partial charge in [0.05, 0.1) is 24.9 Å². The minimum absolute atomic E-state index is 0.283. The molecule has 0 radical (unpaired) electrons. The molecular formula is C31H31N5O3. The molecule has 7 rings (SSSR count). The number of nitrogens with one attached hydrogen (secondary N) is 1. The number of rotatable bonds is 6. The van der Waals surface area contributed by atoms with Gasteiger partial charge in [-0.1, -0.05) is 42.5 Å². The molecule has 198 valence electrons. The minimum atomic E-state index is -1.56. The highest BCUT2D eigenvalue weighted by Gasteiger charge is 2.85. The quantitative estimate of drug-likeness (QED) is 0.512. The van der Waals surface area contributed by atoms with Crippen molar-refractivity contribution in [3.63, 3.8) is 0 Å². The van der Waals surface area contributed by atoms with Crippen LogP contribution in [0.15, 0.2) is 71.9 Å². The van der Waals surface area contributed by atoms with Crippen molar-refractivity contribution < 1.29 is 14.6 Å². The molecule has 8 heteroatoms. The van der Waals surface area contributed by atoms with E-state index >= 15 is 0 Å². The van der Waals surface area contributed by atoms with E-state index in [-0.39, 0.29) is 17.8 Å². The van der Waals surface area contributed by atoms with E-state index in [2.05, 4.69) is 28.4 Å². The minimum Gasteiger partial charge on any atom is -0.495 e. The number of nitriles is 1. The molecule has 3 aromatic rings. The van der Waals surface area contributed by atoms with Crippen molar-refractivity contribution in [1.29, 1.82) is 5.26 Å². The molecule has 8 nitrogen and oxygen atoms in total. The number of pyridine rings is 1. The van der Waals surface area contributed by atoms with Crippen molar-refractivity contribution in [3.8, 4) is 17.6 Å². The molecule has 0 amide bonds. The summed E-state index contributed by atoms with van der Waals surface area (Å²) in [6.07, 6.45) is 3.75. The summed E-state index contributed by atoms with van der Waals surface area (Å²) in [6, 6.07) is 21.9. The van der Waals surface area contributed by atoms with E-state index < -0.39 is 16.9 Å². The summed E-state index contributed by atoms with van der Waals surface area (Å²) < 4.78 is 12.7. The molecule has 0 unspecified atom stereocenters. The van der Waals surface area contributed by atoms with Gasteiger partial charge in [-0.25, -0.2) is 4.99 Å². The van der Waals surface area contributed by atoms with Crippen LogP contribution in [0.1, 0.15) is 41.1 Å². The maximum Gasteiger partial charge on any atom is 0.196 e. The zero-order valence-corrected chi connectivity index (χ0v) is 22.3. The first-order valence-electron chi connectivity index (χ1n) is 13.4. The van der Waals surface area contributed by atoms with Gasteiger partial charge in [-0.15, -0.1) is 0 Å². The van der Waals surface area contributed by atoms with Crippen LogP contribution in [-0.4, -0.2) is 54.3 Å². The van der Waals surface area contributed by atoms with Crippen molar-refractivity contribution in [2.75, 3.05) is 27.7 Å². The SMILES string of the molecule is COc1cnc2c(c1)O[C@@]1(c3ccc(C#N)cc3)[C@H](c3ccccc3)[C@@H](CN(C)C)[C@]3(O)N=C(C4CC4)N[C@@]231. The van der Waals surface area contributed by atoms with Crippen LogP contribution in [0.3, 0.4) is 0 Å². The molecular weight excluding hydrogens is 490 g/mol. The van der Waals surface area contributed by atoms with Gasteiger partial charge in [0.15, 0.2) is 16.9 Å². The van der Waals surface area contributed by atoms with E-state index in [1.807, 2.05) is 62.6 Å². The number of aliphatic imine (C=N–C) groups is 1. The molecule has 1 spiro atoms. The number of nitrogens with zero attached hydrogens (tertiary/aromatic N) is 4. The Morgan fingerprint density at radius 1 is 1.15 bits per heavy atom. The highest BCUT2D eigenvalue weighted by Crippen LogP contribution is 2.73. The van der Waals surface area contributed by atoms with Crippen LogP contribution in [0.4, 0.5) is 0 Å². The van der Waals surface area contributed by atoms with Crippen LogP contribution < -0.4 is 14.8 Å². The Morgan fingerprint density at radius 3 is 2.54 bits per heavy atom. The summed E-state index contributed by atoms with van der Waals surface area (Å²) in [4.78, 5) is 12.2. The van der Waals surface area contributed by atoms with Crippen LogP contribution in [0.25, 0.3) is 0 Å². The summed E-state index contributed by atoms with van der Waals surface area (Å²) in [5.41, 5.74) is -0.808. The Morgan fingerprint density at radius 2 is 1.90 bits per heavy atom. The average molecular weight is 522 g/mol. The number of ether oxygens (including phenoxy) is 2. The zero-order chi connectivity index (χ0) is 27.0. The second kappa shape index (κ2) is 8.28. The van der Waals surface area contributed by atoms with Crippen LogP contribution in [-0.2, 0) is 11.1 Å². The number of fused-ring (bicyclic) bond motifs is 1. The van der Waals surface area contributed by atoms with Crippen molar-refractivity contribution in [2.24, 2.45) is 16.8 Å². The maximum absolute atomic E-state index is 13.1. The largest absolute Gasteiger partial charge is 0.495 e. The number of amidine groups is 1. The van der Waals surface area contributed by atoms with E-state index in [0.29, 0.717) is 29.3 Å². The van der Waals surface area contributed by atoms with E-state index in [1.54, 1.807) is 13.3 Å². The fourth-order valence-corrected chi connectivity index (χ4v) is 7.23. The average Bonchev–Trinajstić information content (AvgIpc) is 3.67. The summed E-state index contributed by atoms with van der Waals surface area (Å²) in [7, 11) is 5.64. The Hall–Kier alpha value is -3.93. The molecule has 2 aromatic carbocycles. The Kier molecular flexibility index (Phi) is 5.13. The van der Waals surface area contributed by atoms with Gasteiger partial charge in [0, 0.05) is 30.4 Å². The topological polar surface area (TPSA) is 103 Å². The lowest BCUT2D eigenvalue weighted by molar-refractivity contribution is -0.0815. The van der Waals surface area contributed by atoms with Crippen molar-refractivity contribution in [2.45, 2.75) is 35.6 Å². The fraction of sp³-hybridized carbons (Fsp3) is 0.387. The molecule has 4 aliphatic rings. The molecule has 5 atom stereocenters. The number of hydrogen-bond donors (Lipinski definition) is 2. The van der Waals surface area contributed by atoms with Crippen LogP contribution >= 0.6 is 0 Å². The smallest absolute Gasteiger partial charge is 0.196 e. The molecule has 3 heterocycles. The Balaban J connectivity index is 1.58. The van der Waals surface area contributed by atoms with Gasteiger partial charge in [-0.3, -0.25) is 4.98 Å². The first-order chi connectivity index (χ1) is 18.9. The molecule has 2 aliphatic carbocycles. The Labute approximate surface area is 227 Å². The second-order valence-electron chi connectivity index (χ2n) is 11.4. The summed E-state index contributed by atoms with van der Waals surface area (Å²) >= 11 is 0. The third kappa shape index (κ3) is 3.06. The first kappa shape index (κ1) is 24.1. The number of methoxy groups -OCH3 is 1. The van der Waals surface area contributed by atoms with E-state index in [1.165, 1.54) is 0 Å². The lowest BCUT2D eigenvalue weighted by Crippen LogP contribution is -2.63. The van der Waals surface area contributed by atoms with Gasteiger partial charge in [0.1, 0.15) is 23.0 Å². The molecule has 0 bridgehead atoms. The van der Waals surface area contributed by atoms with Gasteiger partial charge in [-0.2, -0.15) is 5.26 Å². The third-order valence-electron chi connectivity index (χ3n) is 8.89. The highest BCUT2D eigenvalue weighted by molar-refractivity contribution is 5.91. The van der Waals surface area contributed by atoms with Crippen molar-refractivity contribution in [1.82, 2.24) is 15.2 Å². The predicted octanol–water partition coefficient (Wildman–Crippen LogP) is 3.52. The van der Waals surface area contributed by atoms with E-state index in [9.17, 15) is 10.4 Å². The van der Waals surface area contributed by atoms with Crippen molar-refractivity contribution >= 4 is 5.84 Å². The van der Waals surface area contributed by atoms with E-state index in [4.69, 9.17) is 19.5 Å². The van der Waals surface area contributed by atoms with Crippen LogP contribution in [0.5, 0.6) is 11.5 Å².